The van der Waals surface area contributed by atoms with Crippen molar-refractivity contribution >= 4 is 5.78 Å². The van der Waals surface area contributed by atoms with Crippen LogP contribution in [-0.2, 0) is 0 Å². The normalized spacial score (nSPS) is 15.8. The number of ketones is 1. The van der Waals surface area contributed by atoms with Crippen LogP contribution in [0.2, 0.25) is 0 Å². The lowest BCUT2D eigenvalue weighted by Crippen LogP contribution is -2.46. The van der Waals surface area contributed by atoms with Gasteiger partial charge in [-0.05, 0) is 31.6 Å². The second kappa shape index (κ2) is 9.63. The maximum Gasteiger partial charge on any atom is 0.204 e. The van der Waals surface area contributed by atoms with Gasteiger partial charge in [-0.15, -0.1) is 0 Å². The maximum atomic E-state index is 12.6. The van der Waals surface area contributed by atoms with E-state index in [1.807, 2.05) is 0 Å². The lowest BCUT2D eigenvalue weighted by Gasteiger charge is -2.33. The second-order valence-electron chi connectivity index (χ2n) is 6.18. The van der Waals surface area contributed by atoms with Crippen LogP contribution in [0.1, 0.15) is 30.1 Å². The lowest BCUT2D eigenvalue weighted by molar-refractivity contribution is 0.0960. The van der Waals surface area contributed by atoms with Crippen molar-refractivity contribution in [3.8, 4) is 17.2 Å². The predicted octanol–water partition coefficient (Wildman–Crippen LogP) is 2.31. The number of rotatable bonds is 9. The van der Waals surface area contributed by atoms with E-state index >= 15 is 0 Å². The topological polar surface area (TPSA) is 51.2 Å². The summed E-state index contributed by atoms with van der Waals surface area (Å²) in [5, 5.41) is 0. The zero-order chi connectivity index (χ0) is 18.2. The summed E-state index contributed by atoms with van der Waals surface area (Å²) in [7, 11) is 4.66. The fourth-order valence-electron chi connectivity index (χ4n) is 3.25. The highest BCUT2D eigenvalue weighted by molar-refractivity contribution is 5.99. The molecule has 140 valence electrons. The molecule has 25 heavy (non-hydrogen) atoms. The first-order valence-corrected chi connectivity index (χ1v) is 8.91. The number of Topliss-reactive ketones (excluding diaryl/α,β-unsaturated/α-hetero) is 1. The number of piperazine rings is 1. The minimum absolute atomic E-state index is 0.0741. The van der Waals surface area contributed by atoms with Crippen LogP contribution in [0, 0.1) is 0 Å². The summed E-state index contributed by atoms with van der Waals surface area (Å²) < 4.78 is 16.0. The van der Waals surface area contributed by atoms with Gasteiger partial charge in [0.05, 0.1) is 26.9 Å². The lowest BCUT2D eigenvalue weighted by atomic mass is 10.0. The smallest absolute Gasteiger partial charge is 0.204 e. The van der Waals surface area contributed by atoms with E-state index in [4.69, 9.17) is 14.2 Å². The van der Waals surface area contributed by atoms with Crippen LogP contribution in [0.5, 0.6) is 17.2 Å². The maximum absolute atomic E-state index is 12.6. The molecular formula is C19H30N2O4. The predicted molar refractivity (Wildman–Crippen MR) is 98.2 cm³/mol. The number of methoxy groups -OCH3 is 3. The van der Waals surface area contributed by atoms with Crippen molar-refractivity contribution in [1.82, 2.24) is 9.80 Å². The first-order chi connectivity index (χ1) is 12.1. The highest BCUT2D eigenvalue weighted by Gasteiger charge is 2.21. The van der Waals surface area contributed by atoms with Gasteiger partial charge in [0.25, 0.3) is 0 Å². The molecule has 1 saturated heterocycles. The first-order valence-electron chi connectivity index (χ1n) is 8.91. The Kier molecular flexibility index (Phi) is 7.52. The standard InChI is InChI=1S/C19H30N2O4/c1-5-20-11-13-21(14-12-20)10-6-7-16(22)15-8-9-17(23-2)19(25-4)18(15)24-3/h8-9H,5-7,10-14H2,1-4H3. The van der Waals surface area contributed by atoms with Crippen molar-refractivity contribution < 1.29 is 19.0 Å². The second-order valence-corrected chi connectivity index (χ2v) is 6.18. The summed E-state index contributed by atoms with van der Waals surface area (Å²) in [5.74, 6) is 1.55. The minimum atomic E-state index is 0.0741. The fraction of sp³-hybridized carbons (Fsp3) is 0.632. The summed E-state index contributed by atoms with van der Waals surface area (Å²) in [6.45, 7) is 8.68. The molecule has 1 aliphatic rings. The highest BCUT2D eigenvalue weighted by Crippen LogP contribution is 2.40. The van der Waals surface area contributed by atoms with Crippen LogP contribution in [0.25, 0.3) is 0 Å². The Morgan fingerprint density at radius 3 is 2.16 bits per heavy atom. The number of benzene rings is 1. The Morgan fingerprint density at radius 2 is 1.60 bits per heavy atom. The Balaban J connectivity index is 1.93. The molecule has 0 amide bonds. The van der Waals surface area contributed by atoms with Crippen LogP contribution in [0.3, 0.4) is 0 Å². The van der Waals surface area contributed by atoms with Gasteiger partial charge in [0.2, 0.25) is 5.75 Å². The van der Waals surface area contributed by atoms with E-state index in [-0.39, 0.29) is 5.78 Å². The van der Waals surface area contributed by atoms with Crippen LogP contribution in [0.15, 0.2) is 12.1 Å². The molecule has 6 nitrogen and oxygen atoms in total. The zero-order valence-electron chi connectivity index (χ0n) is 15.8. The fourth-order valence-corrected chi connectivity index (χ4v) is 3.25. The molecule has 0 unspecified atom stereocenters. The van der Waals surface area contributed by atoms with Crippen LogP contribution in [-0.4, -0.2) is 76.2 Å². The molecule has 6 heteroatoms. The average Bonchev–Trinajstić information content (AvgIpc) is 2.66. The zero-order valence-corrected chi connectivity index (χ0v) is 15.8. The summed E-state index contributed by atoms with van der Waals surface area (Å²) in [5.41, 5.74) is 0.552. The van der Waals surface area contributed by atoms with Crippen molar-refractivity contribution in [2.75, 3.05) is 60.6 Å². The SMILES string of the molecule is CCN1CCN(CCCC(=O)c2ccc(OC)c(OC)c2OC)CC1. The number of hydrogen-bond donors (Lipinski definition) is 0. The molecule has 0 atom stereocenters. The van der Waals surface area contributed by atoms with Gasteiger partial charge < -0.3 is 24.0 Å². The largest absolute Gasteiger partial charge is 0.493 e. The van der Waals surface area contributed by atoms with Crippen molar-refractivity contribution in [2.45, 2.75) is 19.8 Å². The van der Waals surface area contributed by atoms with Gasteiger partial charge in [-0.1, -0.05) is 6.92 Å². The van der Waals surface area contributed by atoms with Crippen LogP contribution >= 0.6 is 0 Å². The van der Waals surface area contributed by atoms with Gasteiger partial charge >= 0.3 is 0 Å². The third-order valence-corrected chi connectivity index (χ3v) is 4.79. The number of hydrogen-bond acceptors (Lipinski definition) is 6. The van der Waals surface area contributed by atoms with E-state index in [2.05, 4.69) is 16.7 Å². The molecule has 0 aromatic heterocycles. The highest BCUT2D eigenvalue weighted by atomic mass is 16.5. The Bertz CT molecular complexity index is 569. The van der Waals surface area contributed by atoms with E-state index in [0.29, 0.717) is 29.2 Å². The third kappa shape index (κ3) is 4.86. The molecule has 0 spiro atoms. The van der Waals surface area contributed by atoms with E-state index < -0.39 is 0 Å². The number of nitrogens with zero attached hydrogens (tertiary/aromatic N) is 2. The minimum Gasteiger partial charge on any atom is -0.493 e. The summed E-state index contributed by atoms with van der Waals surface area (Å²) in [6, 6.07) is 3.50. The molecular weight excluding hydrogens is 320 g/mol. The molecule has 1 heterocycles. The third-order valence-electron chi connectivity index (χ3n) is 4.79. The van der Waals surface area contributed by atoms with Crippen LogP contribution in [0.4, 0.5) is 0 Å². The summed E-state index contributed by atoms with van der Waals surface area (Å²) >= 11 is 0. The quantitative estimate of drug-likeness (QED) is 0.637. The molecule has 0 radical (unpaired) electrons. The molecule has 1 aromatic carbocycles. The van der Waals surface area contributed by atoms with Crippen molar-refractivity contribution in [2.24, 2.45) is 0 Å². The molecule has 1 aliphatic heterocycles. The van der Waals surface area contributed by atoms with Gasteiger partial charge in [-0.3, -0.25) is 4.79 Å². The summed E-state index contributed by atoms with van der Waals surface area (Å²) in [4.78, 5) is 17.5. The molecule has 0 aliphatic carbocycles. The van der Waals surface area contributed by atoms with E-state index in [1.54, 1.807) is 33.5 Å². The Hall–Kier alpha value is -1.79. The number of likely N-dealkylation sites (N-methyl/N-ethyl adjacent to an activating group) is 1. The first kappa shape index (κ1) is 19.5. The average molecular weight is 350 g/mol. The van der Waals surface area contributed by atoms with Crippen molar-refractivity contribution in [1.29, 1.82) is 0 Å². The molecule has 1 fully saturated rings. The monoisotopic (exact) mass is 350 g/mol. The molecule has 2 rings (SSSR count). The number of carbonyl (C=O) groups excluding carboxylic acids is 1. The molecule has 0 N–H and O–H groups in total. The van der Waals surface area contributed by atoms with Gasteiger partial charge in [-0.2, -0.15) is 0 Å². The van der Waals surface area contributed by atoms with Crippen molar-refractivity contribution in [3.05, 3.63) is 17.7 Å². The van der Waals surface area contributed by atoms with E-state index in [0.717, 1.165) is 45.7 Å². The van der Waals surface area contributed by atoms with Crippen molar-refractivity contribution in [3.63, 3.8) is 0 Å². The van der Waals surface area contributed by atoms with Crippen LogP contribution < -0.4 is 14.2 Å². The summed E-state index contributed by atoms with van der Waals surface area (Å²) in [6.07, 6.45) is 1.35. The molecule has 0 bridgehead atoms. The van der Waals surface area contributed by atoms with Gasteiger partial charge in [0.15, 0.2) is 17.3 Å². The Labute approximate surface area is 150 Å². The Morgan fingerprint density at radius 1 is 0.960 bits per heavy atom. The van der Waals surface area contributed by atoms with Gasteiger partial charge in [0, 0.05) is 32.6 Å². The van der Waals surface area contributed by atoms with E-state index in [9.17, 15) is 4.79 Å². The molecule has 0 saturated carbocycles. The van der Waals surface area contributed by atoms with Gasteiger partial charge in [0.1, 0.15) is 0 Å². The van der Waals surface area contributed by atoms with Gasteiger partial charge in [-0.25, -0.2) is 0 Å². The van der Waals surface area contributed by atoms with E-state index in [1.165, 1.54) is 0 Å². The number of carbonyl (C=O) groups is 1. The molecule has 1 aromatic rings. The number of ether oxygens (including phenoxy) is 3.